The summed E-state index contributed by atoms with van der Waals surface area (Å²) >= 11 is 0. The van der Waals surface area contributed by atoms with Crippen LogP contribution in [0.25, 0.3) is 89.3 Å². The van der Waals surface area contributed by atoms with E-state index in [-0.39, 0.29) is 20.1 Å². The van der Waals surface area contributed by atoms with Crippen molar-refractivity contribution in [3.8, 4) is 78.5 Å². The molecule has 0 unspecified atom stereocenters. The van der Waals surface area contributed by atoms with Crippen LogP contribution in [-0.4, -0.2) is 15.0 Å². The molecule has 2 aromatic heterocycles. The van der Waals surface area contributed by atoms with Gasteiger partial charge in [-0.25, -0.2) is 9.97 Å². The Bertz CT molecular complexity index is 2620. The van der Waals surface area contributed by atoms with Gasteiger partial charge >= 0.3 is 0 Å². The van der Waals surface area contributed by atoms with E-state index in [1.165, 1.54) is 22.3 Å². The summed E-state index contributed by atoms with van der Waals surface area (Å²) in [4.78, 5) is 15.1. The van der Waals surface area contributed by atoms with Crippen LogP contribution in [0.1, 0.15) is 0 Å². The molecule has 253 valence electrons. The first-order valence-corrected chi connectivity index (χ1v) is 17.4. The van der Waals surface area contributed by atoms with Crippen molar-refractivity contribution < 1.29 is 20.1 Å². The van der Waals surface area contributed by atoms with Gasteiger partial charge in [-0.05, 0) is 80.2 Å². The van der Waals surface area contributed by atoms with Crippen LogP contribution in [0, 0.1) is 6.07 Å². The van der Waals surface area contributed by atoms with Gasteiger partial charge in [0, 0.05) is 37.4 Å². The molecule has 0 atom stereocenters. The van der Waals surface area contributed by atoms with Crippen molar-refractivity contribution in [2.24, 2.45) is 0 Å². The van der Waals surface area contributed by atoms with Crippen LogP contribution in [0.3, 0.4) is 0 Å². The maximum absolute atomic E-state index is 5.20. The van der Waals surface area contributed by atoms with E-state index in [0.717, 1.165) is 61.2 Å². The summed E-state index contributed by atoms with van der Waals surface area (Å²) in [6, 6.07) is 68.9. The van der Waals surface area contributed by atoms with Crippen molar-refractivity contribution in [3.63, 3.8) is 0 Å². The summed E-state index contributed by atoms with van der Waals surface area (Å²) in [5, 5.41) is 2.25. The number of hydrogen-bond acceptors (Lipinski definition) is 3. The number of fused-ring (bicyclic) bond motifs is 1. The molecule has 7 aromatic carbocycles. The molecule has 0 aliphatic carbocycles. The monoisotopic (exact) mass is 855 g/mol. The van der Waals surface area contributed by atoms with E-state index in [1.807, 2.05) is 48.7 Å². The number of aromatic nitrogens is 3. The first kappa shape index (κ1) is 33.8. The molecule has 0 N–H and O–H groups in total. The summed E-state index contributed by atoms with van der Waals surface area (Å²) in [6.07, 6.45) is 1.92. The number of pyridine rings is 1. The molecular weight excluding hydrogens is 823 g/mol. The predicted octanol–water partition coefficient (Wildman–Crippen LogP) is 12.5. The molecule has 0 aliphatic heterocycles. The summed E-state index contributed by atoms with van der Waals surface area (Å²) < 4.78 is 0. The molecule has 0 saturated carbocycles. The fourth-order valence-corrected chi connectivity index (χ4v) is 6.71. The Balaban J connectivity index is 0.00000400. The van der Waals surface area contributed by atoms with E-state index in [9.17, 15) is 0 Å². The van der Waals surface area contributed by atoms with Crippen molar-refractivity contribution in [2.45, 2.75) is 0 Å². The molecule has 0 amide bonds. The normalized spacial score (nSPS) is 10.9. The van der Waals surface area contributed by atoms with Gasteiger partial charge in [0.25, 0.3) is 0 Å². The minimum Gasteiger partial charge on any atom is -0.304 e. The Morgan fingerprint density at radius 2 is 0.849 bits per heavy atom. The molecule has 0 spiro atoms. The zero-order valence-electron chi connectivity index (χ0n) is 28.7. The Hall–Kier alpha value is -6.32. The van der Waals surface area contributed by atoms with Gasteiger partial charge in [-0.1, -0.05) is 145 Å². The number of rotatable bonds is 7. The Kier molecular flexibility index (Phi) is 9.64. The fraction of sp³-hybridized carbons (Fsp3) is 0. The summed E-state index contributed by atoms with van der Waals surface area (Å²) in [5.74, 6) is 0.648. The predicted molar refractivity (Wildman–Crippen MR) is 214 cm³/mol. The molecule has 0 aliphatic rings. The van der Waals surface area contributed by atoms with Crippen molar-refractivity contribution in [3.05, 3.63) is 200 Å². The SMILES string of the molecule is [Ir].[c-]1ccc(-c2nc(-c3ccccc3)cc(-c3cccc(-c4cc(-c5ccccc5)cc(-c5ccccc5)c4)c3)n2)cc1-c1cc2ccccc2cn1. The van der Waals surface area contributed by atoms with Gasteiger partial charge in [-0.3, -0.25) is 0 Å². The fourth-order valence-electron chi connectivity index (χ4n) is 6.71. The van der Waals surface area contributed by atoms with Crippen LogP contribution < -0.4 is 0 Å². The minimum atomic E-state index is 0. The zero-order valence-corrected chi connectivity index (χ0v) is 31.0. The average molecular weight is 855 g/mol. The summed E-state index contributed by atoms with van der Waals surface area (Å²) in [7, 11) is 0. The Morgan fingerprint density at radius 3 is 1.51 bits per heavy atom. The smallest absolute Gasteiger partial charge is 0.142 e. The number of hydrogen-bond donors (Lipinski definition) is 0. The van der Waals surface area contributed by atoms with Gasteiger partial charge in [0.1, 0.15) is 5.82 Å². The van der Waals surface area contributed by atoms with Gasteiger partial charge in [-0.2, -0.15) is 0 Å². The van der Waals surface area contributed by atoms with Gasteiger partial charge in [-0.15, -0.1) is 29.8 Å². The van der Waals surface area contributed by atoms with Crippen LogP contribution in [0.4, 0.5) is 0 Å². The van der Waals surface area contributed by atoms with E-state index < -0.39 is 0 Å². The van der Waals surface area contributed by atoms with Crippen molar-refractivity contribution in [2.75, 3.05) is 0 Å². The summed E-state index contributed by atoms with van der Waals surface area (Å²) in [6.45, 7) is 0. The molecule has 0 bridgehead atoms. The first-order valence-electron chi connectivity index (χ1n) is 17.4. The Morgan fingerprint density at radius 1 is 0.340 bits per heavy atom. The van der Waals surface area contributed by atoms with Crippen LogP contribution in [-0.2, 0) is 20.1 Å². The van der Waals surface area contributed by atoms with Gasteiger partial charge < -0.3 is 4.98 Å². The molecule has 0 fully saturated rings. The average Bonchev–Trinajstić information content (AvgIpc) is 3.24. The first-order chi connectivity index (χ1) is 25.7. The maximum atomic E-state index is 5.20. The molecular formula is C49H32IrN3-. The third-order valence-electron chi connectivity index (χ3n) is 9.40. The third-order valence-corrected chi connectivity index (χ3v) is 9.40. The topological polar surface area (TPSA) is 38.7 Å². The van der Waals surface area contributed by atoms with Crippen LogP contribution in [0.5, 0.6) is 0 Å². The molecule has 0 saturated heterocycles. The molecule has 53 heavy (non-hydrogen) atoms. The number of benzene rings is 7. The molecule has 1 radical (unpaired) electrons. The standard InChI is InChI=1S/C49H32N3.Ir/c1-4-14-34(15-5-1)43-28-44(35-16-6-2-7-17-35)30-45(29-43)37-22-12-24-40(26-37)48-32-47(36-18-8-3-9-19-36)51-49(52-48)41-25-13-23-39(27-41)46-31-38-20-10-11-21-42(38)33-50-46;/h1-22,24-33H;/q-1;. The van der Waals surface area contributed by atoms with Crippen molar-refractivity contribution in [1.82, 2.24) is 15.0 Å². The van der Waals surface area contributed by atoms with E-state index >= 15 is 0 Å². The second kappa shape index (κ2) is 15.1. The zero-order chi connectivity index (χ0) is 34.7. The van der Waals surface area contributed by atoms with Crippen molar-refractivity contribution >= 4 is 10.8 Å². The quantitative estimate of drug-likeness (QED) is 0.150. The second-order valence-corrected chi connectivity index (χ2v) is 12.8. The number of nitrogens with zero attached hydrogens (tertiary/aromatic N) is 3. The van der Waals surface area contributed by atoms with Crippen LogP contribution >= 0.6 is 0 Å². The minimum absolute atomic E-state index is 0. The van der Waals surface area contributed by atoms with Crippen molar-refractivity contribution in [1.29, 1.82) is 0 Å². The summed E-state index contributed by atoms with van der Waals surface area (Å²) in [5.41, 5.74) is 13.4. The van der Waals surface area contributed by atoms with Gasteiger partial charge in [0.15, 0.2) is 0 Å². The van der Waals surface area contributed by atoms with E-state index in [0.29, 0.717) is 5.82 Å². The molecule has 3 nitrogen and oxygen atoms in total. The Labute approximate surface area is 323 Å². The maximum Gasteiger partial charge on any atom is 0.142 e. The van der Waals surface area contributed by atoms with Crippen LogP contribution in [0.2, 0.25) is 0 Å². The van der Waals surface area contributed by atoms with Gasteiger partial charge in [0.2, 0.25) is 0 Å². The van der Waals surface area contributed by atoms with E-state index in [4.69, 9.17) is 15.0 Å². The molecule has 9 aromatic rings. The van der Waals surface area contributed by atoms with Gasteiger partial charge in [0.05, 0.1) is 11.4 Å². The van der Waals surface area contributed by atoms with E-state index in [2.05, 4.69) is 152 Å². The molecule has 2 heterocycles. The molecule has 9 rings (SSSR count). The van der Waals surface area contributed by atoms with Crippen LogP contribution in [0.15, 0.2) is 194 Å². The van der Waals surface area contributed by atoms with E-state index in [1.54, 1.807) is 0 Å². The molecule has 4 heteroatoms. The largest absolute Gasteiger partial charge is 0.304 e. The second-order valence-electron chi connectivity index (χ2n) is 12.8. The third kappa shape index (κ3) is 7.24.